The van der Waals surface area contributed by atoms with E-state index in [-0.39, 0.29) is 0 Å². The summed E-state index contributed by atoms with van der Waals surface area (Å²) in [6, 6.07) is 4.17. The van der Waals surface area contributed by atoms with Crippen molar-refractivity contribution in [3.63, 3.8) is 0 Å². The normalized spacial score (nSPS) is 10.8. The zero-order chi connectivity index (χ0) is 13.0. The molecule has 1 aromatic heterocycles. The maximum absolute atomic E-state index is 13.3. The van der Waals surface area contributed by atoms with Gasteiger partial charge in [0.25, 0.3) is 0 Å². The predicted molar refractivity (Wildman–Crippen MR) is 62.8 cm³/mol. The molecule has 0 aliphatic heterocycles. The van der Waals surface area contributed by atoms with Crippen LogP contribution in [0, 0.1) is 11.6 Å². The molecule has 0 amide bonds. The van der Waals surface area contributed by atoms with Crippen molar-refractivity contribution in [1.29, 1.82) is 0 Å². The molecule has 1 heterocycles. The second kappa shape index (κ2) is 5.68. The third-order valence-electron chi connectivity index (χ3n) is 2.68. The van der Waals surface area contributed by atoms with E-state index in [0.29, 0.717) is 25.1 Å². The number of benzene rings is 1. The van der Waals surface area contributed by atoms with Gasteiger partial charge in [0.2, 0.25) is 0 Å². The van der Waals surface area contributed by atoms with Crippen molar-refractivity contribution in [2.24, 2.45) is 7.05 Å². The first-order chi connectivity index (χ1) is 8.68. The Morgan fingerprint density at radius 3 is 2.89 bits per heavy atom. The van der Waals surface area contributed by atoms with Crippen LogP contribution in [0.4, 0.5) is 8.78 Å². The van der Waals surface area contributed by atoms with Gasteiger partial charge in [0.1, 0.15) is 12.2 Å². The number of aryl methyl sites for hydroxylation is 1. The number of rotatable bonds is 5. The van der Waals surface area contributed by atoms with E-state index in [2.05, 4.69) is 15.5 Å². The molecule has 0 aliphatic carbocycles. The average molecular weight is 252 g/mol. The Balaban J connectivity index is 1.82. The highest BCUT2D eigenvalue weighted by Crippen LogP contribution is 2.10. The summed E-state index contributed by atoms with van der Waals surface area (Å²) >= 11 is 0. The van der Waals surface area contributed by atoms with Crippen molar-refractivity contribution >= 4 is 0 Å². The van der Waals surface area contributed by atoms with Crippen molar-refractivity contribution in [1.82, 2.24) is 20.1 Å². The molecule has 0 bridgehead atoms. The second-order valence-electron chi connectivity index (χ2n) is 4.00. The lowest BCUT2D eigenvalue weighted by atomic mass is 10.2. The van der Waals surface area contributed by atoms with E-state index in [4.69, 9.17) is 0 Å². The summed E-state index contributed by atoms with van der Waals surface area (Å²) in [6.45, 7) is 0.921. The van der Waals surface area contributed by atoms with Crippen LogP contribution in [0.5, 0.6) is 0 Å². The number of aromatic nitrogens is 3. The molecule has 96 valence electrons. The molecule has 4 nitrogen and oxygen atoms in total. The van der Waals surface area contributed by atoms with E-state index in [9.17, 15) is 8.78 Å². The minimum absolute atomic E-state index is 0.293. The summed E-state index contributed by atoms with van der Waals surface area (Å²) < 4.78 is 28.1. The standard InChI is InChI=1S/C12H14F2N4/c1-18-8-16-17-11(18)5-6-15-7-9-3-2-4-10(13)12(9)14/h2-4,8,15H,5-7H2,1H3. The van der Waals surface area contributed by atoms with E-state index in [0.717, 1.165) is 11.9 Å². The average Bonchev–Trinajstić information content (AvgIpc) is 2.76. The monoisotopic (exact) mass is 252 g/mol. The molecular formula is C12H14F2N4. The highest BCUT2D eigenvalue weighted by Gasteiger charge is 2.07. The fourth-order valence-corrected chi connectivity index (χ4v) is 1.64. The molecule has 0 aliphatic rings. The SMILES string of the molecule is Cn1cnnc1CCNCc1cccc(F)c1F. The molecule has 18 heavy (non-hydrogen) atoms. The number of hydrogen-bond donors (Lipinski definition) is 1. The van der Waals surface area contributed by atoms with Crippen molar-refractivity contribution in [2.75, 3.05) is 6.54 Å². The maximum Gasteiger partial charge on any atom is 0.163 e. The summed E-state index contributed by atoms with van der Waals surface area (Å²) in [5.41, 5.74) is 0.327. The molecule has 0 radical (unpaired) electrons. The van der Waals surface area contributed by atoms with Gasteiger partial charge in [-0.3, -0.25) is 0 Å². The van der Waals surface area contributed by atoms with E-state index < -0.39 is 11.6 Å². The fourth-order valence-electron chi connectivity index (χ4n) is 1.64. The van der Waals surface area contributed by atoms with E-state index in [1.54, 1.807) is 12.4 Å². The van der Waals surface area contributed by atoms with Crippen molar-refractivity contribution in [3.05, 3.63) is 47.5 Å². The summed E-state index contributed by atoms with van der Waals surface area (Å²) in [4.78, 5) is 0. The largest absolute Gasteiger partial charge is 0.321 e. The molecule has 0 fully saturated rings. The molecule has 0 saturated heterocycles. The zero-order valence-electron chi connectivity index (χ0n) is 10.0. The van der Waals surface area contributed by atoms with Gasteiger partial charge in [-0.05, 0) is 6.07 Å². The first kappa shape index (κ1) is 12.6. The van der Waals surface area contributed by atoms with Crippen LogP contribution in [0.1, 0.15) is 11.4 Å². The third-order valence-corrected chi connectivity index (χ3v) is 2.68. The van der Waals surface area contributed by atoms with Gasteiger partial charge in [0, 0.05) is 32.1 Å². The molecular weight excluding hydrogens is 238 g/mol. The quantitative estimate of drug-likeness (QED) is 0.818. The highest BCUT2D eigenvalue weighted by atomic mass is 19.2. The van der Waals surface area contributed by atoms with Gasteiger partial charge in [-0.15, -0.1) is 10.2 Å². The molecule has 6 heteroatoms. The van der Waals surface area contributed by atoms with Crippen LogP contribution in [0.2, 0.25) is 0 Å². The van der Waals surface area contributed by atoms with Gasteiger partial charge in [0.15, 0.2) is 11.6 Å². The number of nitrogens with zero attached hydrogens (tertiary/aromatic N) is 3. The van der Waals surface area contributed by atoms with Gasteiger partial charge in [0.05, 0.1) is 0 Å². The molecule has 1 N–H and O–H groups in total. The minimum atomic E-state index is -0.817. The van der Waals surface area contributed by atoms with Crippen LogP contribution >= 0.6 is 0 Å². The van der Waals surface area contributed by atoms with E-state index in [1.165, 1.54) is 6.07 Å². The van der Waals surface area contributed by atoms with Crippen LogP contribution < -0.4 is 5.32 Å². The van der Waals surface area contributed by atoms with Crippen molar-refractivity contribution in [3.8, 4) is 0 Å². The van der Waals surface area contributed by atoms with Crippen LogP contribution in [0.15, 0.2) is 24.5 Å². The first-order valence-electron chi connectivity index (χ1n) is 5.65. The molecule has 0 atom stereocenters. The Bertz CT molecular complexity index is 525. The molecule has 2 rings (SSSR count). The Hall–Kier alpha value is -1.82. The van der Waals surface area contributed by atoms with Crippen molar-refractivity contribution < 1.29 is 8.78 Å². The molecule has 2 aromatic rings. The van der Waals surface area contributed by atoms with Gasteiger partial charge < -0.3 is 9.88 Å². The zero-order valence-corrected chi connectivity index (χ0v) is 10.0. The Labute approximate surface area is 104 Å². The van der Waals surface area contributed by atoms with Crippen LogP contribution in [-0.2, 0) is 20.0 Å². The summed E-state index contributed by atoms with van der Waals surface area (Å²) in [5.74, 6) is -0.756. The lowest BCUT2D eigenvalue weighted by molar-refractivity contribution is 0.492. The topological polar surface area (TPSA) is 42.7 Å². The molecule has 0 saturated carbocycles. The van der Waals surface area contributed by atoms with E-state index in [1.807, 2.05) is 11.6 Å². The van der Waals surface area contributed by atoms with Gasteiger partial charge in [-0.1, -0.05) is 12.1 Å². The Morgan fingerprint density at radius 1 is 1.33 bits per heavy atom. The minimum Gasteiger partial charge on any atom is -0.321 e. The number of halogens is 2. The van der Waals surface area contributed by atoms with Gasteiger partial charge in [-0.2, -0.15) is 0 Å². The second-order valence-corrected chi connectivity index (χ2v) is 4.00. The number of hydrogen-bond acceptors (Lipinski definition) is 3. The Morgan fingerprint density at radius 2 is 2.17 bits per heavy atom. The van der Waals surface area contributed by atoms with E-state index >= 15 is 0 Å². The Kier molecular flexibility index (Phi) is 3.99. The molecule has 0 spiro atoms. The van der Waals surface area contributed by atoms with Crippen LogP contribution in [0.3, 0.4) is 0 Å². The molecule has 0 unspecified atom stereocenters. The van der Waals surface area contributed by atoms with Crippen molar-refractivity contribution in [2.45, 2.75) is 13.0 Å². The lowest BCUT2D eigenvalue weighted by Crippen LogP contribution is -2.19. The highest BCUT2D eigenvalue weighted by molar-refractivity contribution is 5.18. The summed E-state index contributed by atoms with van der Waals surface area (Å²) in [5, 5.41) is 10.7. The van der Waals surface area contributed by atoms with Crippen LogP contribution in [0.25, 0.3) is 0 Å². The van der Waals surface area contributed by atoms with Gasteiger partial charge in [-0.25, -0.2) is 8.78 Å². The summed E-state index contributed by atoms with van der Waals surface area (Å²) in [6.07, 6.45) is 2.31. The molecule has 1 aromatic carbocycles. The van der Waals surface area contributed by atoms with Gasteiger partial charge >= 0.3 is 0 Å². The maximum atomic E-state index is 13.3. The van der Waals surface area contributed by atoms with Crippen LogP contribution in [-0.4, -0.2) is 21.3 Å². The first-order valence-corrected chi connectivity index (χ1v) is 5.65. The smallest absolute Gasteiger partial charge is 0.163 e. The summed E-state index contributed by atoms with van der Waals surface area (Å²) in [7, 11) is 1.86. The number of nitrogens with one attached hydrogen (secondary N) is 1. The predicted octanol–water partition coefficient (Wildman–Crippen LogP) is 1.43. The lowest BCUT2D eigenvalue weighted by Gasteiger charge is -2.06. The third kappa shape index (κ3) is 2.89. The fraction of sp³-hybridized carbons (Fsp3) is 0.333.